The van der Waals surface area contributed by atoms with Crippen molar-refractivity contribution in [3.05, 3.63) is 59.7 Å². The molecule has 2 N–H and O–H groups in total. The highest BCUT2D eigenvalue weighted by molar-refractivity contribution is 8.76. The molecule has 4 nitrogen and oxygen atoms in total. The van der Waals surface area contributed by atoms with Gasteiger partial charge >= 0.3 is 0 Å². The zero-order chi connectivity index (χ0) is 15.9. The first kappa shape index (κ1) is 16.5. The number of amides is 2. The number of hydrogen-bond acceptors (Lipinski definition) is 4. The van der Waals surface area contributed by atoms with Gasteiger partial charge in [-0.05, 0) is 36.4 Å². The lowest BCUT2D eigenvalue weighted by molar-refractivity contribution is 0.0955. The molecule has 0 aliphatic heterocycles. The van der Waals surface area contributed by atoms with E-state index in [0.29, 0.717) is 11.1 Å². The topological polar surface area (TPSA) is 58.2 Å². The van der Waals surface area contributed by atoms with Crippen LogP contribution in [0.4, 0.5) is 0 Å². The Morgan fingerprint density at radius 3 is 1.55 bits per heavy atom. The molecule has 114 valence electrons. The number of hydrogen-bond donors (Lipinski definition) is 2. The lowest BCUT2D eigenvalue weighted by atomic mass is 10.2. The van der Waals surface area contributed by atoms with Gasteiger partial charge in [0, 0.05) is 35.0 Å². The van der Waals surface area contributed by atoms with E-state index >= 15 is 0 Å². The van der Waals surface area contributed by atoms with E-state index in [0.717, 1.165) is 9.79 Å². The van der Waals surface area contributed by atoms with E-state index in [1.54, 1.807) is 47.8 Å². The largest absolute Gasteiger partial charge is 0.355 e. The van der Waals surface area contributed by atoms with Crippen LogP contribution in [-0.2, 0) is 0 Å². The Bertz CT molecular complexity index is 630. The highest BCUT2D eigenvalue weighted by atomic mass is 33.1. The van der Waals surface area contributed by atoms with Gasteiger partial charge in [0.15, 0.2) is 0 Å². The molecule has 6 heteroatoms. The third-order valence-electron chi connectivity index (χ3n) is 2.88. The molecule has 0 radical (unpaired) electrons. The average Bonchev–Trinajstić information content (AvgIpc) is 2.59. The second-order valence-corrected chi connectivity index (χ2v) is 6.66. The fourth-order valence-electron chi connectivity index (χ4n) is 1.76. The van der Waals surface area contributed by atoms with Crippen LogP contribution in [0.1, 0.15) is 20.7 Å². The summed E-state index contributed by atoms with van der Waals surface area (Å²) in [6.07, 6.45) is 0. The maximum absolute atomic E-state index is 11.6. The van der Waals surface area contributed by atoms with Crippen molar-refractivity contribution in [2.24, 2.45) is 0 Å². The molecule has 2 aromatic rings. The summed E-state index contributed by atoms with van der Waals surface area (Å²) in [5.74, 6) is -0.205. The van der Waals surface area contributed by atoms with E-state index in [-0.39, 0.29) is 11.8 Å². The second-order valence-electron chi connectivity index (χ2n) is 4.38. The van der Waals surface area contributed by atoms with Crippen LogP contribution in [0.25, 0.3) is 0 Å². The highest BCUT2D eigenvalue weighted by Crippen LogP contribution is 2.37. The number of carbonyl (C=O) groups excluding carboxylic acids is 2. The van der Waals surface area contributed by atoms with Crippen molar-refractivity contribution in [3.8, 4) is 0 Å². The lowest BCUT2D eigenvalue weighted by Crippen LogP contribution is -2.17. The molecule has 0 saturated heterocycles. The normalized spacial score (nSPS) is 10.1. The van der Waals surface area contributed by atoms with Gasteiger partial charge in [-0.3, -0.25) is 9.59 Å². The molecular weight excluding hydrogens is 316 g/mol. The standard InChI is InChI=1S/C16H16N2O2S2/c1-17-15(19)11-5-3-7-13(9-11)21-22-14-8-4-6-12(10-14)16(20)18-2/h3-10H,1-2H3,(H,17,19)(H,18,20). The summed E-state index contributed by atoms with van der Waals surface area (Å²) >= 11 is 0. The number of carbonyl (C=O) groups is 2. The van der Waals surface area contributed by atoms with Gasteiger partial charge in [0.2, 0.25) is 0 Å². The predicted octanol–water partition coefficient (Wildman–Crippen LogP) is 3.21. The van der Waals surface area contributed by atoms with Gasteiger partial charge in [0.1, 0.15) is 0 Å². The molecule has 0 heterocycles. The summed E-state index contributed by atoms with van der Waals surface area (Å²) in [6.45, 7) is 0. The molecule has 0 saturated carbocycles. The minimum Gasteiger partial charge on any atom is -0.355 e. The van der Waals surface area contributed by atoms with Crippen LogP contribution in [-0.4, -0.2) is 25.9 Å². The highest BCUT2D eigenvalue weighted by Gasteiger charge is 2.07. The molecule has 0 spiro atoms. The van der Waals surface area contributed by atoms with Gasteiger partial charge in [0.25, 0.3) is 11.8 Å². The van der Waals surface area contributed by atoms with Gasteiger partial charge < -0.3 is 10.6 Å². The van der Waals surface area contributed by atoms with Crippen molar-refractivity contribution < 1.29 is 9.59 Å². The molecule has 0 unspecified atom stereocenters. The van der Waals surface area contributed by atoms with E-state index in [1.165, 1.54) is 0 Å². The Labute approximate surface area is 137 Å². The van der Waals surface area contributed by atoms with E-state index in [4.69, 9.17) is 0 Å². The number of nitrogens with one attached hydrogen (secondary N) is 2. The van der Waals surface area contributed by atoms with Gasteiger partial charge in [-0.15, -0.1) is 0 Å². The third-order valence-corrected chi connectivity index (χ3v) is 5.26. The minimum absolute atomic E-state index is 0.103. The second kappa shape index (κ2) is 7.91. The van der Waals surface area contributed by atoms with Crippen LogP contribution < -0.4 is 10.6 Å². The Morgan fingerprint density at radius 2 is 1.18 bits per heavy atom. The first-order valence-corrected chi connectivity index (χ1v) is 8.78. The van der Waals surface area contributed by atoms with E-state index in [9.17, 15) is 9.59 Å². The Hall–Kier alpha value is -1.92. The molecule has 2 rings (SSSR count). The van der Waals surface area contributed by atoms with E-state index in [1.807, 2.05) is 36.4 Å². The fraction of sp³-hybridized carbons (Fsp3) is 0.125. The number of benzene rings is 2. The Morgan fingerprint density at radius 1 is 0.773 bits per heavy atom. The third kappa shape index (κ3) is 4.29. The quantitative estimate of drug-likeness (QED) is 0.826. The summed E-state index contributed by atoms with van der Waals surface area (Å²) in [4.78, 5) is 25.2. The SMILES string of the molecule is CNC(=O)c1cccc(SSc2cccc(C(=O)NC)c2)c1. The zero-order valence-corrected chi connectivity index (χ0v) is 13.9. The molecular formula is C16H16N2O2S2. The van der Waals surface area contributed by atoms with Crippen LogP contribution in [0.15, 0.2) is 58.3 Å². The first-order chi connectivity index (χ1) is 10.6. The number of rotatable bonds is 5. The van der Waals surface area contributed by atoms with Crippen molar-refractivity contribution in [2.45, 2.75) is 9.79 Å². The predicted molar refractivity (Wildman–Crippen MR) is 91.4 cm³/mol. The summed E-state index contributed by atoms with van der Waals surface area (Å²) in [5.41, 5.74) is 1.26. The van der Waals surface area contributed by atoms with Gasteiger partial charge in [-0.2, -0.15) is 0 Å². The van der Waals surface area contributed by atoms with Crippen LogP contribution >= 0.6 is 21.6 Å². The van der Waals surface area contributed by atoms with E-state index in [2.05, 4.69) is 10.6 Å². The molecule has 0 bridgehead atoms. The smallest absolute Gasteiger partial charge is 0.251 e. The molecule has 0 aliphatic rings. The van der Waals surface area contributed by atoms with Crippen molar-refractivity contribution in [3.63, 3.8) is 0 Å². The molecule has 22 heavy (non-hydrogen) atoms. The van der Waals surface area contributed by atoms with Gasteiger partial charge in [-0.25, -0.2) is 0 Å². The molecule has 0 fully saturated rings. The van der Waals surface area contributed by atoms with Crippen molar-refractivity contribution in [1.82, 2.24) is 10.6 Å². The molecule has 0 atom stereocenters. The van der Waals surface area contributed by atoms with Crippen LogP contribution in [0.3, 0.4) is 0 Å². The fourth-order valence-corrected chi connectivity index (χ4v) is 3.77. The summed E-state index contributed by atoms with van der Waals surface area (Å²) in [6, 6.07) is 14.9. The van der Waals surface area contributed by atoms with Crippen LogP contribution in [0.5, 0.6) is 0 Å². The van der Waals surface area contributed by atoms with Crippen LogP contribution in [0, 0.1) is 0 Å². The van der Waals surface area contributed by atoms with Crippen LogP contribution in [0.2, 0.25) is 0 Å². The lowest BCUT2D eigenvalue weighted by Gasteiger charge is -2.05. The van der Waals surface area contributed by atoms with Gasteiger partial charge in [-0.1, -0.05) is 33.7 Å². The van der Waals surface area contributed by atoms with Crippen molar-refractivity contribution in [1.29, 1.82) is 0 Å². The molecule has 2 amide bonds. The van der Waals surface area contributed by atoms with E-state index < -0.39 is 0 Å². The summed E-state index contributed by atoms with van der Waals surface area (Å²) in [7, 11) is 6.32. The maximum Gasteiger partial charge on any atom is 0.251 e. The molecule has 2 aromatic carbocycles. The van der Waals surface area contributed by atoms with Gasteiger partial charge in [0.05, 0.1) is 0 Å². The molecule has 0 aromatic heterocycles. The minimum atomic E-state index is -0.103. The van der Waals surface area contributed by atoms with Crippen molar-refractivity contribution >= 4 is 33.4 Å². The average molecular weight is 332 g/mol. The zero-order valence-electron chi connectivity index (χ0n) is 12.3. The first-order valence-electron chi connectivity index (χ1n) is 6.63. The molecule has 0 aliphatic carbocycles. The maximum atomic E-state index is 11.6. The Balaban J connectivity index is 2.07. The summed E-state index contributed by atoms with van der Waals surface area (Å²) < 4.78 is 0. The van der Waals surface area contributed by atoms with Crippen molar-refractivity contribution in [2.75, 3.05) is 14.1 Å². The Kier molecular flexibility index (Phi) is 5.91. The monoisotopic (exact) mass is 332 g/mol. The summed E-state index contributed by atoms with van der Waals surface area (Å²) in [5, 5.41) is 5.22.